The highest BCUT2D eigenvalue weighted by molar-refractivity contribution is 6.32. The number of anilines is 1. The lowest BCUT2D eigenvalue weighted by atomic mass is 10.1. The first kappa shape index (κ1) is 22.6. The molecule has 0 bridgehead atoms. The van der Waals surface area contributed by atoms with Crippen molar-refractivity contribution in [3.05, 3.63) is 52.0 Å². The monoisotopic (exact) mass is 419 g/mol. The average molecular weight is 420 g/mol. The van der Waals surface area contributed by atoms with E-state index < -0.39 is 18.0 Å². The molecular formula is C22H26ClNO5. The predicted octanol–water partition coefficient (Wildman–Crippen LogP) is 4.94. The normalized spacial score (nSPS) is 11.7. The Kier molecular flexibility index (Phi) is 7.51. The molecule has 1 N–H and O–H groups in total. The maximum absolute atomic E-state index is 12.5. The van der Waals surface area contributed by atoms with Gasteiger partial charge >= 0.3 is 5.97 Å². The molecule has 0 spiro atoms. The molecule has 29 heavy (non-hydrogen) atoms. The number of methoxy groups -OCH3 is 1. The van der Waals surface area contributed by atoms with Gasteiger partial charge in [0.1, 0.15) is 0 Å². The zero-order valence-corrected chi connectivity index (χ0v) is 18.2. The minimum absolute atomic E-state index is 0.118. The van der Waals surface area contributed by atoms with Crippen LogP contribution in [0.25, 0.3) is 0 Å². The zero-order valence-electron chi connectivity index (χ0n) is 17.5. The summed E-state index contributed by atoms with van der Waals surface area (Å²) in [6.45, 7) is 9.04. The molecule has 0 heterocycles. The Bertz CT molecular complexity index is 910. The predicted molar refractivity (Wildman–Crippen MR) is 113 cm³/mol. The molecule has 0 fully saturated rings. The van der Waals surface area contributed by atoms with Crippen LogP contribution in [0.5, 0.6) is 11.5 Å². The van der Waals surface area contributed by atoms with E-state index in [0.29, 0.717) is 17.2 Å². The van der Waals surface area contributed by atoms with Crippen LogP contribution in [-0.2, 0) is 9.53 Å². The number of carbonyl (C=O) groups excluding carboxylic acids is 2. The van der Waals surface area contributed by atoms with E-state index in [1.807, 2.05) is 45.9 Å². The summed E-state index contributed by atoms with van der Waals surface area (Å²) in [6.07, 6.45) is -1.12. The van der Waals surface area contributed by atoms with Crippen molar-refractivity contribution >= 4 is 29.2 Å². The minimum Gasteiger partial charge on any atom is -0.493 e. The zero-order chi connectivity index (χ0) is 21.7. The average Bonchev–Trinajstić information content (AvgIpc) is 2.65. The van der Waals surface area contributed by atoms with Gasteiger partial charge in [0.15, 0.2) is 17.6 Å². The van der Waals surface area contributed by atoms with Gasteiger partial charge in [-0.2, -0.15) is 0 Å². The number of rotatable bonds is 7. The SMILES string of the molecule is COc1cc(C(=O)O[C@H](C)C(=O)Nc2cc(C)ccc2C)cc(Cl)c1OC(C)C. The fourth-order valence-corrected chi connectivity index (χ4v) is 2.83. The molecule has 2 rings (SSSR count). The maximum Gasteiger partial charge on any atom is 0.339 e. The molecule has 6 nitrogen and oxygen atoms in total. The number of amides is 1. The van der Waals surface area contributed by atoms with Crippen molar-refractivity contribution in [2.75, 3.05) is 12.4 Å². The van der Waals surface area contributed by atoms with Gasteiger partial charge in [-0.25, -0.2) is 4.79 Å². The van der Waals surface area contributed by atoms with Gasteiger partial charge in [0.25, 0.3) is 5.91 Å². The third-order valence-corrected chi connectivity index (χ3v) is 4.40. The quantitative estimate of drug-likeness (QED) is 0.643. The van der Waals surface area contributed by atoms with Gasteiger partial charge in [-0.05, 0) is 63.9 Å². The highest BCUT2D eigenvalue weighted by atomic mass is 35.5. The first-order chi connectivity index (χ1) is 13.6. The molecule has 1 atom stereocenters. The summed E-state index contributed by atoms with van der Waals surface area (Å²) < 4.78 is 16.2. The van der Waals surface area contributed by atoms with E-state index in [2.05, 4.69) is 5.32 Å². The maximum atomic E-state index is 12.5. The molecule has 0 unspecified atom stereocenters. The summed E-state index contributed by atoms with van der Waals surface area (Å²) in [5.74, 6) is -0.457. The molecule has 0 aliphatic rings. The van der Waals surface area contributed by atoms with E-state index in [1.165, 1.54) is 26.2 Å². The molecule has 156 valence electrons. The van der Waals surface area contributed by atoms with Crippen molar-refractivity contribution in [2.45, 2.75) is 46.8 Å². The summed E-state index contributed by atoms with van der Waals surface area (Å²) in [5.41, 5.74) is 2.77. The molecule has 0 radical (unpaired) electrons. The second-order valence-electron chi connectivity index (χ2n) is 7.01. The van der Waals surface area contributed by atoms with Gasteiger partial charge in [0.05, 0.1) is 23.8 Å². The third-order valence-electron chi connectivity index (χ3n) is 4.12. The summed E-state index contributed by atoms with van der Waals surface area (Å²) in [4.78, 5) is 25.0. The lowest BCUT2D eigenvalue weighted by Gasteiger charge is -2.17. The van der Waals surface area contributed by atoms with Crippen LogP contribution in [0.2, 0.25) is 5.02 Å². The van der Waals surface area contributed by atoms with Gasteiger partial charge in [-0.15, -0.1) is 0 Å². The molecule has 7 heteroatoms. The second-order valence-corrected chi connectivity index (χ2v) is 7.42. The van der Waals surface area contributed by atoms with Gasteiger partial charge in [0.2, 0.25) is 0 Å². The van der Waals surface area contributed by atoms with E-state index in [-0.39, 0.29) is 16.7 Å². The lowest BCUT2D eigenvalue weighted by Crippen LogP contribution is -2.30. The Labute approximate surface area is 176 Å². The van der Waals surface area contributed by atoms with E-state index >= 15 is 0 Å². The van der Waals surface area contributed by atoms with Crippen molar-refractivity contribution in [1.82, 2.24) is 0 Å². The first-order valence-corrected chi connectivity index (χ1v) is 9.63. The number of hydrogen-bond acceptors (Lipinski definition) is 5. The van der Waals surface area contributed by atoms with Crippen molar-refractivity contribution in [3.8, 4) is 11.5 Å². The molecule has 2 aromatic carbocycles. The molecule has 1 amide bonds. The highest BCUT2D eigenvalue weighted by Gasteiger charge is 2.22. The van der Waals surface area contributed by atoms with Crippen LogP contribution in [0.1, 0.15) is 42.3 Å². The standard InChI is InChI=1S/C22H26ClNO5/c1-12(2)28-20-17(23)10-16(11-19(20)27-6)22(26)29-15(5)21(25)24-18-9-13(3)7-8-14(18)4/h7-12,15H,1-6H3,(H,24,25)/t15-/m1/s1. The van der Waals surface area contributed by atoms with Gasteiger partial charge in [-0.1, -0.05) is 23.7 Å². The van der Waals surface area contributed by atoms with Crippen LogP contribution < -0.4 is 14.8 Å². The van der Waals surface area contributed by atoms with E-state index in [0.717, 1.165) is 11.1 Å². The molecule has 0 saturated carbocycles. The lowest BCUT2D eigenvalue weighted by molar-refractivity contribution is -0.123. The summed E-state index contributed by atoms with van der Waals surface area (Å²) >= 11 is 6.25. The van der Waals surface area contributed by atoms with Crippen LogP contribution >= 0.6 is 11.6 Å². The Morgan fingerprint density at radius 3 is 2.38 bits per heavy atom. The summed E-state index contributed by atoms with van der Waals surface area (Å²) in [7, 11) is 1.45. The first-order valence-electron chi connectivity index (χ1n) is 9.25. The van der Waals surface area contributed by atoms with Crippen molar-refractivity contribution < 1.29 is 23.8 Å². The molecular weight excluding hydrogens is 394 g/mol. The van der Waals surface area contributed by atoms with Crippen LogP contribution in [0.3, 0.4) is 0 Å². The number of esters is 1. The van der Waals surface area contributed by atoms with Crippen molar-refractivity contribution in [2.24, 2.45) is 0 Å². The fourth-order valence-electron chi connectivity index (χ4n) is 2.57. The summed E-state index contributed by atoms with van der Waals surface area (Å²) in [6, 6.07) is 8.63. The number of hydrogen-bond donors (Lipinski definition) is 1. The number of carbonyl (C=O) groups is 2. The van der Waals surface area contributed by atoms with E-state index in [1.54, 1.807) is 0 Å². The van der Waals surface area contributed by atoms with Crippen molar-refractivity contribution in [1.29, 1.82) is 0 Å². The Balaban J connectivity index is 2.13. The number of halogens is 1. The largest absolute Gasteiger partial charge is 0.493 e. The number of nitrogens with one attached hydrogen (secondary N) is 1. The Morgan fingerprint density at radius 2 is 1.76 bits per heavy atom. The highest BCUT2D eigenvalue weighted by Crippen LogP contribution is 2.37. The second kappa shape index (κ2) is 9.65. The van der Waals surface area contributed by atoms with Gasteiger partial charge < -0.3 is 19.5 Å². The Hall–Kier alpha value is -2.73. The third kappa shape index (κ3) is 5.87. The fraction of sp³-hybridized carbons (Fsp3) is 0.364. The smallest absolute Gasteiger partial charge is 0.339 e. The van der Waals surface area contributed by atoms with Gasteiger partial charge in [0, 0.05) is 5.69 Å². The molecule has 2 aromatic rings. The molecule has 0 saturated heterocycles. The van der Waals surface area contributed by atoms with E-state index in [4.69, 9.17) is 25.8 Å². The molecule has 0 aliphatic heterocycles. The minimum atomic E-state index is -1.00. The molecule has 0 aromatic heterocycles. The van der Waals surface area contributed by atoms with Crippen LogP contribution in [0, 0.1) is 13.8 Å². The number of aryl methyl sites for hydroxylation is 2. The topological polar surface area (TPSA) is 73.9 Å². The van der Waals surface area contributed by atoms with Crippen LogP contribution in [-0.4, -0.2) is 31.2 Å². The van der Waals surface area contributed by atoms with Crippen LogP contribution in [0.4, 0.5) is 5.69 Å². The molecule has 0 aliphatic carbocycles. The Morgan fingerprint density at radius 1 is 1.07 bits per heavy atom. The number of ether oxygens (including phenoxy) is 3. The van der Waals surface area contributed by atoms with Crippen LogP contribution in [0.15, 0.2) is 30.3 Å². The van der Waals surface area contributed by atoms with Gasteiger partial charge in [-0.3, -0.25) is 4.79 Å². The van der Waals surface area contributed by atoms with Crippen molar-refractivity contribution in [3.63, 3.8) is 0 Å². The number of benzene rings is 2. The van der Waals surface area contributed by atoms with E-state index in [9.17, 15) is 9.59 Å². The summed E-state index contributed by atoms with van der Waals surface area (Å²) in [5, 5.41) is 3.01.